The molecule has 84 valence electrons. The topological polar surface area (TPSA) is 54.4 Å². The van der Waals surface area contributed by atoms with Crippen LogP contribution in [0.4, 0.5) is 0 Å². The van der Waals surface area contributed by atoms with E-state index < -0.39 is 5.97 Å². The van der Waals surface area contributed by atoms with E-state index in [-0.39, 0.29) is 5.78 Å². The second-order valence-corrected chi connectivity index (χ2v) is 3.58. The van der Waals surface area contributed by atoms with Crippen molar-refractivity contribution < 1.29 is 14.7 Å². The molecule has 0 bridgehead atoms. The molecule has 0 aliphatic heterocycles. The maximum absolute atomic E-state index is 11.5. The fourth-order valence-corrected chi connectivity index (χ4v) is 1.44. The van der Waals surface area contributed by atoms with Gasteiger partial charge in [0.1, 0.15) is 0 Å². The zero-order chi connectivity index (χ0) is 12.1. The summed E-state index contributed by atoms with van der Waals surface area (Å²) in [5.74, 6) is -0.932. The minimum absolute atomic E-state index is 0.0636. The summed E-state index contributed by atoms with van der Waals surface area (Å²) in [6, 6.07) is 5.36. The van der Waals surface area contributed by atoms with Gasteiger partial charge in [0, 0.05) is 18.1 Å². The molecule has 0 atom stereocenters. The van der Waals surface area contributed by atoms with E-state index in [1.54, 1.807) is 13.0 Å². The predicted molar refractivity (Wildman–Crippen MR) is 62.5 cm³/mol. The number of hydrogen-bond acceptors (Lipinski definition) is 2. The molecular weight excluding hydrogens is 204 g/mol. The molecule has 1 aromatic carbocycles. The third-order valence-corrected chi connectivity index (χ3v) is 2.16. The number of aliphatic carboxylic acids is 1. The van der Waals surface area contributed by atoms with E-state index in [0.29, 0.717) is 12.0 Å². The zero-order valence-electron chi connectivity index (χ0n) is 9.36. The molecule has 3 heteroatoms. The van der Waals surface area contributed by atoms with Crippen molar-refractivity contribution in [2.24, 2.45) is 0 Å². The molecule has 1 N–H and O–H groups in total. The molecule has 1 rings (SSSR count). The van der Waals surface area contributed by atoms with Crippen LogP contribution >= 0.6 is 0 Å². The Kier molecular flexibility index (Phi) is 4.00. The number of Topliss-reactive ketones (excluding diaryl/α,β-unsaturated/α-hetero) is 1. The number of carbonyl (C=O) groups is 2. The summed E-state index contributed by atoms with van der Waals surface area (Å²) in [7, 11) is 0. The second kappa shape index (κ2) is 5.26. The Bertz CT molecular complexity index is 444. The standard InChI is InChI=1S/C13H14O3/c1-3-12(14)11-7-9(2)6-10(8-11)4-5-13(15)16/h4-8H,3H2,1-2H3,(H,15,16)/b5-4+. The van der Waals surface area contributed by atoms with Gasteiger partial charge in [0.2, 0.25) is 0 Å². The highest BCUT2D eigenvalue weighted by Crippen LogP contribution is 2.13. The van der Waals surface area contributed by atoms with Gasteiger partial charge in [-0.2, -0.15) is 0 Å². The zero-order valence-corrected chi connectivity index (χ0v) is 9.36. The Labute approximate surface area is 94.4 Å². The van der Waals surface area contributed by atoms with Gasteiger partial charge in [0.05, 0.1) is 0 Å². The van der Waals surface area contributed by atoms with Crippen LogP contribution in [0.2, 0.25) is 0 Å². The fraction of sp³-hybridized carbons (Fsp3) is 0.231. The van der Waals surface area contributed by atoms with Crippen molar-refractivity contribution in [1.29, 1.82) is 0 Å². The van der Waals surface area contributed by atoms with Crippen LogP contribution in [-0.2, 0) is 4.79 Å². The SMILES string of the molecule is CCC(=O)c1cc(C)cc(/C=C/C(=O)O)c1. The van der Waals surface area contributed by atoms with E-state index >= 15 is 0 Å². The Balaban J connectivity index is 3.08. The van der Waals surface area contributed by atoms with E-state index in [4.69, 9.17) is 5.11 Å². The molecule has 0 fully saturated rings. The lowest BCUT2D eigenvalue weighted by atomic mass is 10.0. The lowest BCUT2D eigenvalue weighted by molar-refractivity contribution is -0.131. The van der Waals surface area contributed by atoms with E-state index in [0.717, 1.165) is 17.2 Å². The van der Waals surface area contributed by atoms with Crippen LogP contribution in [0.15, 0.2) is 24.3 Å². The average Bonchev–Trinajstić information content (AvgIpc) is 2.24. The van der Waals surface area contributed by atoms with Crippen LogP contribution in [-0.4, -0.2) is 16.9 Å². The van der Waals surface area contributed by atoms with Gasteiger partial charge in [-0.15, -0.1) is 0 Å². The van der Waals surface area contributed by atoms with Gasteiger partial charge in [0.25, 0.3) is 0 Å². The largest absolute Gasteiger partial charge is 0.478 e. The number of carbonyl (C=O) groups excluding carboxylic acids is 1. The predicted octanol–water partition coefficient (Wildman–Crippen LogP) is 2.69. The van der Waals surface area contributed by atoms with Crippen molar-refractivity contribution >= 4 is 17.8 Å². The number of ketones is 1. The molecular formula is C13H14O3. The van der Waals surface area contributed by atoms with Crippen LogP contribution < -0.4 is 0 Å². The summed E-state index contributed by atoms with van der Waals surface area (Å²) >= 11 is 0. The first-order chi connectivity index (χ1) is 7.52. The van der Waals surface area contributed by atoms with Gasteiger partial charge >= 0.3 is 5.97 Å². The monoisotopic (exact) mass is 218 g/mol. The molecule has 0 radical (unpaired) electrons. The molecule has 0 heterocycles. The van der Waals surface area contributed by atoms with Crippen LogP contribution in [0, 0.1) is 6.92 Å². The molecule has 0 saturated heterocycles. The van der Waals surface area contributed by atoms with Crippen molar-refractivity contribution in [2.75, 3.05) is 0 Å². The molecule has 0 aliphatic rings. The van der Waals surface area contributed by atoms with Gasteiger partial charge in [-0.1, -0.05) is 13.0 Å². The molecule has 0 spiro atoms. The Morgan fingerprint density at radius 1 is 1.31 bits per heavy atom. The van der Waals surface area contributed by atoms with Gasteiger partial charge in [-0.3, -0.25) is 4.79 Å². The number of rotatable bonds is 4. The summed E-state index contributed by atoms with van der Waals surface area (Å²) in [5.41, 5.74) is 2.32. The number of benzene rings is 1. The van der Waals surface area contributed by atoms with Crippen molar-refractivity contribution in [3.05, 3.63) is 41.0 Å². The molecule has 1 aromatic rings. The van der Waals surface area contributed by atoms with Gasteiger partial charge in [-0.25, -0.2) is 4.79 Å². The summed E-state index contributed by atoms with van der Waals surface area (Å²) in [6.07, 6.45) is 3.00. The summed E-state index contributed by atoms with van der Waals surface area (Å²) in [5, 5.41) is 8.52. The minimum Gasteiger partial charge on any atom is -0.478 e. The highest BCUT2D eigenvalue weighted by atomic mass is 16.4. The minimum atomic E-state index is -0.995. The van der Waals surface area contributed by atoms with Crippen LogP contribution in [0.3, 0.4) is 0 Å². The lowest BCUT2D eigenvalue weighted by Crippen LogP contribution is -1.97. The summed E-state index contributed by atoms with van der Waals surface area (Å²) < 4.78 is 0. The van der Waals surface area contributed by atoms with Gasteiger partial charge in [0.15, 0.2) is 5.78 Å². The molecule has 0 amide bonds. The third-order valence-electron chi connectivity index (χ3n) is 2.16. The van der Waals surface area contributed by atoms with E-state index in [9.17, 15) is 9.59 Å². The summed E-state index contributed by atoms with van der Waals surface area (Å²) in [4.78, 5) is 21.9. The smallest absolute Gasteiger partial charge is 0.328 e. The average molecular weight is 218 g/mol. The third kappa shape index (κ3) is 3.35. The van der Waals surface area contributed by atoms with Gasteiger partial charge < -0.3 is 5.11 Å². The van der Waals surface area contributed by atoms with Crippen molar-refractivity contribution in [2.45, 2.75) is 20.3 Å². The quantitative estimate of drug-likeness (QED) is 0.624. The Morgan fingerprint density at radius 2 is 2.00 bits per heavy atom. The lowest BCUT2D eigenvalue weighted by Gasteiger charge is -2.02. The number of aryl methyl sites for hydroxylation is 1. The maximum Gasteiger partial charge on any atom is 0.328 e. The molecule has 3 nitrogen and oxygen atoms in total. The van der Waals surface area contributed by atoms with Gasteiger partial charge in [-0.05, 0) is 36.3 Å². The van der Waals surface area contributed by atoms with E-state index in [1.165, 1.54) is 6.08 Å². The normalized spacial score (nSPS) is 10.6. The molecule has 0 saturated carbocycles. The van der Waals surface area contributed by atoms with Crippen molar-refractivity contribution in [3.63, 3.8) is 0 Å². The maximum atomic E-state index is 11.5. The van der Waals surface area contributed by atoms with Crippen molar-refractivity contribution in [3.8, 4) is 0 Å². The van der Waals surface area contributed by atoms with E-state index in [2.05, 4.69) is 0 Å². The van der Waals surface area contributed by atoms with Crippen LogP contribution in [0.5, 0.6) is 0 Å². The van der Waals surface area contributed by atoms with Crippen LogP contribution in [0.25, 0.3) is 6.08 Å². The van der Waals surface area contributed by atoms with Crippen LogP contribution in [0.1, 0.15) is 34.8 Å². The first-order valence-corrected chi connectivity index (χ1v) is 5.09. The first-order valence-electron chi connectivity index (χ1n) is 5.09. The van der Waals surface area contributed by atoms with Crippen molar-refractivity contribution in [1.82, 2.24) is 0 Å². The Morgan fingerprint density at radius 3 is 2.56 bits per heavy atom. The number of carboxylic acid groups (broad SMARTS) is 1. The summed E-state index contributed by atoms with van der Waals surface area (Å²) in [6.45, 7) is 3.68. The highest BCUT2D eigenvalue weighted by molar-refractivity contribution is 5.96. The number of carboxylic acids is 1. The highest BCUT2D eigenvalue weighted by Gasteiger charge is 2.04. The molecule has 16 heavy (non-hydrogen) atoms. The first kappa shape index (κ1) is 12.2. The number of hydrogen-bond donors (Lipinski definition) is 1. The fourth-order valence-electron chi connectivity index (χ4n) is 1.44. The molecule has 0 aliphatic carbocycles. The molecule has 0 unspecified atom stereocenters. The molecule has 0 aromatic heterocycles. The Hall–Kier alpha value is -1.90. The second-order valence-electron chi connectivity index (χ2n) is 3.58. The van der Waals surface area contributed by atoms with E-state index in [1.807, 2.05) is 19.1 Å².